The predicted octanol–water partition coefficient (Wildman–Crippen LogP) is 4.67. The third-order valence-electron chi connectivity index (χ3n) is 7.31. The first-order chi connectivity index (χ1) is 20.0. The zero-order valence-electron chi connectivity index (χ0n) is 24.5. The fraction of sp³-hybridized carbons (Fsp3) is 0.452. The Labute approximate surface area is 244 Å². The van der Waals surface area contributed by atoms with Crippen molar-refractivity contribution >= 4 is 23.3 Å². The zero-order chi connectivity index (χ0) is 30.4. The molecule has 224 valence electrons. The van der Waals surface area contributed by atoms with Gasteiger partial charge in [-0.25, -0.2) is 4.79 Å². The number of nitrogens with zero attached hydrogens (tertiary/aromatic N) is 2. The SMILES string of the molecule is COC(=O)C1C(C)=NC(C)=C(C(=O)OCCc2ccc(COC3COC(C)(C)OC3)cc2)C1c1cccc([N+](=O)[O-])c1. The molecule has 0 N–H and O–H groups in total. The fourth-order valence-electron chi connectivity index (χ4n) is 5.06. The number of carbonyl (C=O) groups is 2. The molecule has 2 aromatic carbocycles. The molecule has 42 heavy (non-hydrogen) atoms. The predicted molar refractivity (Wildman–Crippen MR) is 153 cm³/mol. The van der Waals surface area contributed by atoms with Crippen LogP contribution in [-0.2, 0) is 46.3 Å². The Morgan fingerprint density at radius 1 is 1.07 bits per heavy atom. The Morgan fingerprint density at radius 3 is 2.38 bits per heavy atom. The van der Waals surface area contributed by atoms with Gasteiger partial charge in [-0.2, -0.15) is 0 Å². The number of ether oxygens (including phenoxy) is 5. The van der Waals surface area contributed by atoms with Gasteiger partial charge in [-0.1, -0.05) is 36.4 Å². The van der Waals surface area contributed by atoms with Crippen molar-refractivity contribution in [2.75, 3.05) is 26.9 Å². The molecule has 11 nitrogen and oxygen atoms in total. The third kappa shape index (κ3) is 7.47. The number of methoxy groups -OCH3 is 1. The first-order valence-corrected chi connectivity index (χ1v) is 13.7. The van der Waals surface area contributed by atoms with E-state index in [2.05, 4.69) is 4.99 Å². The highest BCUT2D eigenvalue weighted by molar-refractivity contribution is 6.07. The van der Waals surface area contributed by atoms with Crippen LogP contribution in [0.25, 0.3) is 0 Å². The first kappa shape index (κ1) is 31.0. The normalized spacial score (nSPS) is 20.5. The number of rotatable bonds is 10. The van der Waals surface area contributed by atoms with Crippen molar-refractivity contribution in [2.45, 2.75) is 58.5 Å². The van der Waals surface area contributed by atoms with Crippen molar-refractivity contribution < 1.29 is 38.2 Å². The summed E-state index contributed by atoms with van der Waals surface area (Å²) in [5.74, 6) is -3.61. The molecule has 1 fully saturated rings. The van der Waals surface area contributed by atoms with Crippen LogP contribution in [0, 0.1) is 16.0 Å². The van der Waals surface area contributed by atoms with Crippen LogP contribution in [0.1, 0.15) is 50.3 Å². The van der Waals surface area contributed by atoms with Crippen molar-refractivity contribution in [2.24, 2.45) is 10.9 Å². The van der Waals surface area contributed by atoms with E-state index in [1.165, 1.54) is 25.3 Å². The van der Waals surface area contributed by atoms with Gasteiger partial charge in [0, 0.05) is 35.9 Å². The van der Waals surface area contributed by atoms with Crippen molar-refractivity contribution in [3.8, 4) is 0 Å². The summed E-state index contributed by atoms with van der Waals surface area (Å²) in [7, 11) is 1.25. The molecule has 0 bridgehead atoms. The van der Waals surface area contributed by atoms with E-state index in [-0.39, 0.29) is 24.0 Å². The molecule has 11 heteroatoms. The molecule has 2 heterocycles. The molecule has 2 aliphatic rings. The van der Waals surface area contributed by atoms with E-state index in [4.69, 9.17) is 23.7 Å². The summed E-state index contributed by atoms with van der Waals surface area (Å²) in [6.07, 6.45) is 0.329. The Kier molecular flexibility index (Phi) is 9.87. The van der Waals surface area contributed by atoms with Crippen molar-refractivity contribution in [3.63, 3.8) is 0 Å². The molecule has 0 spiro atoms. The van der Waals surface area contributed by atoms with E-state index in [0.717, 1.165) is 11.1 Å². The minimum absolute atomic E-state index is 0.0885. The standard InChI is InChI=1S/C31H36N2O9/c1-19-26(29(34)38-5)28(23-7-6-8-24(15-23)33(36)37)27(20(2)32-19)30(35)39-14-13-21-9-11-22(12-10-21)16-40-25-17-41-31(3,4)42-18-25/h6-12,15,25-26,28H,13-14,16-18H2,1-5H3. The van der Waals surface area contributed by atoms with E-state index in [9.17, 15) is 19.7 Å². The Hall–Kier alpha value is -3.93. The summed E-state index contributed by atoms with van der Waals surface area (Å²) < 4.78 is 27.8. The molecule has 1 saturated heterocycles. The van der Waals surface area contributed by atoms with E-state index in [0.29, 0.717) is 43.2 Å². The van der Waals surface area contributed by atoms with Gasteiger partial charge >= 0.3 is 11.9 Å². The highest BCUT2D eigenvalue weighted by atomic mass is 16.7. The molecule has 4 rings (SSSR count). The smallest absolute Gasteiger partial charge is 0.336 e. The molecular formula is C31H36N2O9. The monoisotopic (exact) mass is 580 g/mol. The summed E-state index contributed by atoms with van der Waals surface area (Å²) in [5.41, 5.74) is 3.23. The minimum Gasteiger partial charge on any atom is -0.468 e. The van der Waals surface area contributed by atoms with Crippen LogP contribution >= 0.6 is 0 Å². The van der Waals surface area contributed by atoms with Crippen LogP contribution < -0.4 is 0 Å². The van der Waals surface area contributed by atoms with Gasteiger partial charge in [0.2, 0.25) is 0 Å². The summed E-state index contributed by atoms with van der Waals surface area (Å²) >= 11 is 0. The van der Waals surface area contributed by atoms with Crippen LogP contribution in [0.5, 0.6) is 0 Å². The number of esters is 2. The van der Waals surface area contributed by atoms with Gasteiger partial charge in [0.15, 0.2) is 5.79 Å². The fourth-order valence-corrected chi connectivity index (χ4v) is 5.06. The first-order valence-electron chi connectivity index (χ1n) is 13.7. The number of benzene rings is 2. The number of hydrogen-bond donors (Lipinski definition) is 0. The molecule has 2 aromatic rings. The number of carbonyl (C=O) groups excluding carboxylic acids is 2. The molecule has 0 aliphatic carbocycles. The van der Waals surface area contributed by atoms with Gasteiger partial charge in [0.25, 0.3) is 5.69 Å². The second-order valence-electron chi connectivity index (χ2n) is 10.7. The highest BCUT2D eigenvalue weighted by Crippen LogP contribution is 2.41. The number of aliphatic imine (C=N–C) groups is 1. The van der Waals surface area contributed by atoms with Crippen LogP contribution in [0.3, 0.4) is 0 Å². The largest absolute Gasteiger partial charge is 0.468 e. The average molecular weight is 581 g/mol. The number of allylic oxidation sites excluding steroid dienone is 1. The number of hydrogen-bond acceptors (Lipinski definition) is 10. The van der Waals surface area contributed by atoms with Crippen LogP contribution in [-0.4, -0.2) is 61.4 Å². The maximum Gasteiger partial charge on any atom is 0.336 e. The van der Waals surface area contributed by atoms with Gasteiger partial charge < -0.3 is 23.7 Å². The van der Waals surface area contributed by atoms with Gasteiger partial charge in [0.05, 0.1) is 44.0 Å². The lowest BCUT2D eigenvalue weighted by Crippen LogP contribution is -2.43. The number of non-ortho nitro benzene ring substituents is 1. The molecule has 0 radical (unpaired) electrons. The third-order valence-corrected chi connectivity index (χ3v) is 7.31. The van der Waals surface area contributed by atoms with Crippen molar-refractivity contribution in [3.05, 3.63) is 86.6 Å². The van der Waals surface area contributed by atoms with Gasteiger partial charge in [-0.05, 0) is 44.4 Å². The van der Waals surface area contributed by atoms with Gasteiger partial charge in [0.1, 0.15) is 12.0 Å². The topological polar surface area (TPSA) is 136 Å². The maximum atomic E-state index is 13.4. The van der Waals surface area contributed by atoms with Crippen LogP contribution in [0.2, 0.25) is 0 Å². The summed E-state index contributed by atoms with van der Waals surface area (Å²) in [6.45, 7) is 8.52. The lowest BCUT2D eigenvalue weighted by molar-refractivity contribution is -0.384. The second kappa shape index (κ2) is 13.4. The molecule has 0 amide bonds. The van der Waals surface area contributed by atoms with Crippen molar-refractivity contribution in [1.29, 1.82) is 0 Å². The van der Waals surface area contributed by atoms with E-state index < -0.39 is 34.5 Å². The number of nitro benzene ring substituents is 1. The quantitative estimate of drug-likeness (QED) is 0.223. The highest BCUT2D eigenvalue weighted by Gasteiger charge is 2.42. The maximum absolute atomic E-state index is 13.4. The molecule has 0 saturated carbocycles. The Balaban J connectivity index is 1.41. The molecular weight excluding hydrogens is 544 g/mol. The second-order valence-corrected chi connectivity index (χ2v) is 10.7. The molecule has 0 aromatic heterocycles. The van der Waals surface area contributed by atoms with Crippen LogP contribution in [0.4, 0.5) is 5.69 Å². The lowest BCUT2D eigenvalue weighted by atomic mass is 9.75. The molecule has 2 unspecified atom stereocenters. The van der Waals surface area contributed by atoms with E-state index in [1.807, 2.05) is 38.1 Å². The Bertz CT molecular complexity index is 1370. The molecule has 2 atom stereocenters. The summed E-state index contributed by atoms with van der Waals surface area (Å²) in [4.78, 5) is 41.6. The van der Waals surface area contributed by atoms with Crippen molar-refractivity contribution in [1.82, 2.24) is 0 Å². The van der Waals surface area contributed by atoms with E-state index >= 15 is 0 Å². The summed E-state index contributed by atoms with van der Waals surface area (Å²) in [5, 5.41) is 11.4. The van der Waals surface area contributed by atoms with Gasteiger partial charge in [-0.15, -0.1) is 0 Å². The van der Waals surface area contributed by atoms with Crippen LogP contribution in [0.15, 0.2) is 64.8 Å². The minimum atomic E-state index is -0.934. The lowest BCUT2D eigenvalue weighted by Gasteiger charge is -2.34. The van der Waals surface area contributed by atoms with Gasteiger partial charge in [-0.3, -0.25) is 19.9 Å². The zero-order valence-corrected chi connectivity index (χ0v) is 24.5. The molecule has 2 aliphatic heterocycles. The summed E-state index contributed by atoms with van der Waals surface area (Å²) in [6, 6.07) is 13.7. The average Bonchev–Trinajstić information content (AvgIpc) is 2.96. The number of nitro groups is 1. The Morgan fingerprint density at radius 2 is 1.74 bits per heavy atom. The van der Waals surface area contributed by atoms with E-state index in [1.54, 1.807) is 19.9 Å².